The van der Waals surface area contributed by atoms with Crippen molar-refractivity contribution in [2.24, 2.45) is 0 Å². The summed E-state index contributed by atoms with van der Waals surface area (Å²) in [4.78, 5) is 26.3. The molecule has 1 aliphatic heterocycles. The molecule has 0 aliphatic carbocycles. The number of hydrogen-bond acceptors (Lipinski definition) is 7. The van der Waals surface area contributed by atoms with Gasteiger partial charge in [-0.1, -0.05) is 12.1 Å². The topological polar surface area (TPSA) is 87.9 Å². The van der Waals surface area contributed by atoms with E-state index in [1.165, 1.54) is 0 Å². The molecule has 4 rings (SSSR count). The Balaban J connectivity index is 1.78. The second-order valence-corrected chi connectivity index (χ2v) is 6.63. The molecule has 3 heterocycles. The Kier molecular flexibility index (Phi) is 4.87. The quantitative estimate of drug-likeness (QED) is 0.652. The number of fused-ring (bicyclic) bond motifs is 3. The highest BCUT2D eigenvalue weighted by Gasteiger charge is 2.23. The monoisotopic (exact) mass is 369 g/mol. The summed E-state index contributed by atoms with van der Waals surface area (Å²) in [6.07, 6.45) is 0. The van der Waals surface area contributed by atoms with Crippen molar-refractivity contribution in [3.8, 4) is 0 Å². The molecular formula is C18H23N7O2. The molecule has 27 heavy (non-hydrogen) atoms. The molecule has 1 saturated heterocycles. The lowest BCUT2D eigenvalue weighted by molar-refractivity contribution is 0.0927. The number of anilines is 1. The maximum absolute atomic E-state index is 12.4. The Labute approximate surface area is 156 Å². The number of rotatable bonds is 5. The van der Waals surface area contributed by atoms with Gasteiger partial charge in [-0.2, -0.15) is 4.98 Å². The molecule has 3 aromatic rings. The van der Waals surface area contributed by atoms with Gasteiger partial charge in [-0.05, 0) is 19.2 Å². The SMILES string of the molecule is COCCNC(=O)c1nc2c(N3CCN(C)CC3)nc3ccccc3n2n1. The zero-order valence-corrected chi connectivity index (χ0v) is 15.6. The van der Waals surface area contributed by atoms with Crippen molar-refractivity contribution in [1.82, 2.24) is 29.8 Å². The summed E-state index contributed by atoms with van der Waals surface area (Å²) in [6, 6.07) is 7.77. The molecule has 9 heteroatoms. The van der Waals surface area contributed by atoms with Crippen LogP contribution < -0.4 is 10.2 Å². The molecule has 9 nitrogen and oxygen atoms in total. The molecular weight excluding hydrogens is 346 g/mol. The lowest BCUT2D eigenvalue weighted by atomic mass is 10.3. The Morgan fingerprint density at radius 2 is 1.96 bits per heavy atom. The predicted octanol–water partition coefficient (Wildman–Crippen LogP) is 0.406. The third-order valence-corrected chi connectivity index (χ3v) is 4.74. The van der Waals surface area contributed by atoms with Gasteiger partial charge < -0.3 is 19.9 Å². The normalized spacial score (nSPS) is 15.6. The summed E-state index contributed by atoms with van der Waals surface area (Å²) in [5.41, 5.74) is 2.26. The minimum atomic E-state index is -0.316. The highest BCUT2D eigenvalue weighted by Crippen LogP contribution is 2.24. The van der Waals surface area contributed by atoms with E-state index in [9.17, 15) is 4.79 Å². The Bertz CT molecular complexity index is 963. The van der Waals surface area contributed by atoms with E-state index in [1.807, 2.05) is 24.3 Å². The van der Waals surface area contributed by atoms with E-state index in [0.717, 1.165) is 43.0 Å². The van der Waals surface area contributed by atoms with Crippen LogP contribution in [0.25, 0.3) is 16.7 Å². The second kappa shape index (κ2) is 7.45. The summed E-state index contributed by atoms with van der Waals surface area (Å²) in [5, 5.41) is 7.24. The third kappa shape index (κ3) is 3.43. The highest BCUT2D eigenvalue weighted by molar-refractivity contribution is 5.92. The fraction of sp³-hybridized carbons (Fsp3) is 0.444. The number of likely N-dealkylation sites (N-methyl/N-ethyl adjacent to an activating group) is 1. The number of para-hydroxylation sites is 2. The maximum atomic E-state index is 12.4. The van der Waals surface area contributed by atoms with Crippen LogP contribution >= 0.6 is 0 Å². The summed E-state index contributed by atoms with van der Waals surface area (Å²) in [6.45, 7) is 4.49. The molecule has 0 unspecified atom stereocenters. The van der Waals surface area contributed by atoms with Gasteiger partial charge in [0.1, 0.15) is 0 Å². The van der Waals surface area contributed by atoms with Crippen molar-refractivity contribution in [3.63, 3.8) is 0 Å². The summed E-state index contributed by atoms with van der Waals surface area (Å²) in [5.74, 6) is 0.592. The van der Waals surface area contributed by atoms with Crippen molar-refractivity contribution in [2.75, 3.05) is 58.4 Å². The van der Waals surface area contributed by atoms with Crippen LogP contribution in [0.15, 0.2) is 24.3 Å². The molecule has 0 saturated carbocycles. The van der Waals surface area contributed by atoms with E-state index >= 15 is 0 Å². The lowest BCUT2D eigenvalue weighted by Gasteiger charge is -2.33. The zero-order valence-electron chi connectivity index (χ0n) is 15.6. The number of nitrogens with zero attached hydrogens (tertiary/aromatic N) is 6. The van der Waals surface area contributed by atoms with Crippen LogP contribution in [0.1, 0.15) is 10.6 Å². The lowest BCUT2D eigenvalue weighted by Crippen LogP contribution is -2.45. The van der Waals surface area contributed by atoms with E-state index in [2.05, 4.69) is 32.2 Å². The van der Waals surface area contributed by atoms with Gasteiger partial charge in [-0.15, -0.1) is 5.10 Å². The molecule has 1 aliphatic rings. The number of piperazine rings is 1. The number of ether oxygens (including phenoxy) is 1. The molecule has 1 amide bonds. The molecule has 0 radical (unpaired) electrons. The Hall–Kier alpha value is -2.78. The fourth-order valence-electron chi connectivity index (χ4n) is 3.20. The van der Waals surface area contributed by atoms with Crippen LogP contribution in [-0.4, -0.2) is 83.9 Å². The number of carbonyl (C=O) groups excluding carboxylic acids is 1. The Morgan fingerprint density at radius 1 is 1.19 bits per heavy atom. The summed E-state index contributed by atoms with van der Waals surface area (Å²) < 4.78 is 6.69. The smallest absolute Gasteiger partial charge is 0.291 e. The van der Waals surface area contributed by atoms with Gasteiger partial charge in [0.15, 0.2) is 11.5 Å². The van der Waals surface area contributed by atoms with Gasteiger partial charge in [0.25, 0.3) is 5.91 Å². The number of hydrogen-bond donors (Lipinski definition) is 1. The van der Waals surface area contributed by atoms with Gasteiger partial charge in [-0.25, -0.2) is 9.50 Å². The van der Waals surface area contributed by atoms with Crippen LogP contribution in [0.5, 0.6) is 0 Å². The van der Waals surface area contributed by atoms with Crippen LogP contribution in [0.2, 0.25) is 0 Å². The first-order valence-corrected chi connectivity index (χ1v) is 9.03. The summed E-state index contributed by atoms with van der Waals surface area (Å²) >= 11 is 0. The van der Waals surface area contributed by atoms with E-state index in [-0.39, 0.29) is 11.7 Å². The summed E-state index contributed by atoms with van der Waals surface area (Å²) in [7, 11) is 3.70. The van der Waals surface area contributed by atoms with E-state index in [1.54, 1.807) is 11.6 Å². The molecule has 0 spiro atoms. The predicted molar refractivity (Wildman–Crippen MR) is 102 cm³/mol. The van der Waals surface area contributed by atoms with Crippen LogP contribution in [-0.2, 0) is 4.74 Å². The molecule has 1 N–H and O–H groups in total. The van der Waals surface area contributed by atoms with Gasteiger partial charge in [0, 0.05) is 39.8 Å². The van der Waals surface area contributed by atoms with Crippen molar-refractivity contribution in [1.29, 1.82) is 0 Å². The number of benzene rings is 1. The highest BCUT2D eigenvalue weighted by atomic mass is 16.5. The molecule has 0 atom stereocenters. The van der Waals surface area contributed by atoms with E-state index < -0.39 is 0 Å². The number of aromatic nitrogens is 4. The standard InChI is InChI=1S/C18H23N7O2/c1-23-8-10-24(11-9-23)16-17-21-15(18(26)19-7-12-27-2)22-25(17)14-6-4-3-5-13(14)20-16/h3-6H,7-12H2,1-2H3,(H,19,26). The molecule has 1 fully saturated rings. The van der Waals surface area contributed by atoms with Crippen LogP contribution in [0.3, 0.4) is 0 Å². The van der Waals surface area contributed by atoms with Crippen molar-refractivity contribution < 1.29 is 9.53 Å². The molecule has 1 aromatic carbocycles. The first kappa shape index (κ1) is 17.6. The number of carbonyl (C=O) groups is 1. The van der Waals surface area contributed by atoms with Crippen LogP contribution in [0.4, 0.5) is 5.82 Å². The minimum absolute atomic E-state index is 0.139. The van der Waals surface area contributed by atoms with E-state index in [4.69, 9.17) is 9.72 Å². The third-order valence-electron chi connectivity index (χ3n) is 4.74. The zero-order chi connectivity index (χ0) is 18.8. The molecule has 0 bridgehead atoms. The van der Waals surface area contributed by atoms with Gasteiger partial charge >= 0.3 is 0 Å². The number of methoxy groups -OCH3 is 1. The molecule has 142 valence electrons. The van der Waals surface area contributed by atoms with E-state index in [0.29, 0.717) is 18.8 Å². The largest absolute Gasteiger partial charge is 0.383 e. The maximum Gasteiger partial charge on any atom is 0.291 e. The number of nitrogens with one attached hydrogen (secondary N) is 1. The number of amides is 1. The fourth-order valence-corrected chi connectivity index (χ4v) is 3.20. The van der Waals surface area contributed by atoms with Gasteiger partial charge in [0.2, 0.25) is 5.82 Å². The minimum Gasteiger partial charge on any atom is -0.383 e. The molecule has 2 aromatic heterocycles. The Morgan fingerprint density at radius 3 is 2.74 bits per heavy atom. The van der Waals surface area contributed by atoms with Crippen LogP contribution in [0, 0.1) is 0 Å². The van der Waals surface area contributed by atoms with Crippen molar-refractivity contribution in [3.05, 3.63) is 30.1 Å². The van der Waals surface area contributed by atoms with Gasteiger partial charge in [-0.3, -0.25) is 4.79 Å². The average Bonchev–Trinajstić information content (AvgIpc) is 3.14. The van der Waals surface area contributed by atoms with Gasteiger partial charge in [0.05, 0.1) is 17.6 Å². The van der Waals surface area contributed by atoms with Crippen molar-refractivity contribution in [2.45, 2.75) is 0 Å². The average molecular weight is 369 g/mol. The first-order valence-electron chi connectivity index (χ1n) is 9.03. The second-order valence-electron chi connectivity index (χ2n) is 6.63. The van der Waals surface area contributed by atoms with Crippen molar-refractivity contribution >= 4 is 28.4 Å². The first-order chi connectivity index (χ1) is 13.2.